The highest BCUT2D eigenvalue weighted by atomic mass is 16.7. The summed E-state index contributed by atoms with van der Waals surface area (Å²) in [4.78, 5) is 51.4. The van der Waals surface area contributed by atoms with Crippen LogP contribution >= 0.6 is 0 Å². The van der Waals surface area contributed by atoms with Gasteiger partial charge in [0, 0.05) is 19.3 Å². The fourth-order valence-corrected chi connectivity index (χ4v) is 8.93. The van der Waals surface area contributed by atoms with Crippen molar-refractivity contribution in [2.75, 3.05) is 13.2 Å². The van der Waals surface area contributed by atoms with Gasteiger partial charge in [0.25, 0.3) is 0 Å². The lowest BCUT2D eigenvalue weighted by Gasteiger charge is -2.40. The first-order valence-corrected chi connectivity index (χ1v) is 32.8. The Balaban J connectivity index is 2.73. The molecule has 1 saturated heterocycles. The van der Waals surface area contributed by atoms with E-state index < -0.39 is 67.3 Å². The van der Waals surface area contributed by atoms with E-state index in [4.69, 9.17) is 23.7 Å². The molecule has 0 aromatic heterocycles. The predicted molar refractivity (Wildman–Crippen MR) is 349 cm³/mol. The van der Waals surface area contributed by atoms with Crippen LogP contribution in [0.1, 0.15) is 239 Å². The lowest BCUT2D eigenvalue weighted by atomic mass is 9.98. The number of hydrogen-bond acceptors (Lipinski definition) is 11. The van der Waals surface area contributed by atoms with Gasteiger partial charge in [0.15, 0.2) is 24.6 Å². The Morgan fingerprint density at radius 2 is 0.753 bits per heavy atom. The van der Waals surface area contributed by atoms with Gasteiger partial charge < -0.3 is 39.0 Å². The number of hydrogen-bond donors (Lipinski definition) is 3. The van der Waals surface area contributed by atoms with E-state index in [1.165, 1.54) is 51.4 Å². The maximum absolute atomic E-state index is 13.2. The summed E-state index contributed by atoms with van der Waals surface area (Å²) in [6.07, 6.45) is 72.3. The number of esters is 3. The van der Waals surface area contributed by atoms with Crippen molar-refractivity contribution in [3.8, 4) is 0 Å². The topological polar surface area (TPSA) is 175 Å². The molecule has 0 bridgehead atoms. The number of aliphatic carboxylic acids is 1. The molecule has 1 aliphatic rings. The Labute approximate surface area is 514 Å². The van der Waals surface area contributed by atoms with E-state index in [1.807, 2.05) is 12.2 Å². The van der Waals surface area contributed by atoms with Crippen LogP contribution in [0.2, 0.25) is 0 Å². The number of aliphatic hydroxyl groups is 2. The quantitative estimate of drug-likeness (QED) is 0.0228. The highest BCUT2D eigenvalue weighted by Gasteiger charge is 2.50. The molecular weight excluding hydrogens is 1070 g/mol. The van der Waals surface area contributed by atoms with Gasteiger partial charge in [-0.15, -0.1) is 0 Å². The molecule has 1 heterocycles. The number of rotatable bonds is 54. The van der Waals surface area contributed by atoms with Gasteiger partial charge in [0.2, 0.25) is 0 Å². The summed E-state index contributed by atoms with van der Waals surface area (Å²) in [5, 5.41) is 31.6. The monoisotopic (exact) mass is 1180 g/mol. The first-order chi connectivity index (χ1) is 41.6. The van der Waals surface area contributed by atoms with Crippen LogP contribution in [0.4, 0.5) is 0 Å². The summed E-state index contributed by atoms with van der Waals surface area (Å²) in [7, 11) is 0. The molecule has 478 valence electrons. The molecule has 0 radical (unpaired) electrons. The van der Waals surface area contributed by atoms with Crippen LogP contribution in [0, 0.1) is 0 Å². The third-order valence-electron chi connectivity index (χ3n) is 13.9. The van der Waals surface area contributed by atoms with Crippen LogP contribution < -0.4 is 0 Å². The van der Waals surface area contributed by atoms with Gasteiger partial charge in [-0.2, -0.15) is 0 Å². The Kier molecular flexibility index (Phi) is 53.8. The van der Waals surface area contributed by atoms with E-state index >= 15 is 0 Å². The molecule has 85 heavy (non-hydrogen) atoms. The van der Waals surface area contributed by atoms with Crippen molar-refractivity contribution in [3.05, 3.63) is 146 Å². The van der Waals surface area contributed by atoms with Gasteiger partial charge in [-0.25, -0.2) is 4.79 Å². The number of aliphatic hydroxyl groups excluding tert-OH is 2. The van der Waals surface area contributed by atoms with Gasteiger partial charge in [-0.3, -0.25) is 14.4 Å². The van der Waals surface area contributed by atoms with E-state index in [0.29, 0.717) is 25.7 Å². The summed E-state index contributed by atoms with van der Waals surface area (Å²) in [5.41, 5.74) is 0. The molecule has 1 fully saturated rings. The Morgan fingerprint density at radius 1 is 0.400 bits per heavy atom. The average molecular weight is 1180 g/mol. The van der Waals surface area contributed by atoms with E-state index in [1.54, 1.807) is 0 Å². The third kappa shape index (κ3) is 48.4. The number of carbonyl (C=O) groups excluding carboxylic acids is 3. The highest BCUT2D eigenvalue weighted by molar-refractivity contribution is 5.74. The molecule has 6 atom stereocenters. The molecule has 0 aromatic carbocycles. The van der Waals surface area contributed by atoms with E-state index in [9.17, 15) is 34.5 Å². The number of ether oxygens (including phenoxy) is 5. The molecule has 3 N–H and O–H groups in total. The fraction of sp³-hybridized carbons (Fsp3) is 0.616. The average Bonchev–Trinajstić information content (AvgIpc) is 3.46. The minimum absolute atomic E-state index is 0.0296. The second kappa shape index (κ2) is 59.0. The summed E-state index contributed by atoms with van der Waals surface area (Å²) >= 11 is 0. The summed E-state index contributed by atoms with van der Waals surface area (Å²) in [6.45, 7) is 5.69. The first kappa shape index (κ1) is 77.6. The zero-order valence-corrected chi connectivity index (χ0v) is 52.8. The minimum atomic E-state index is -1.94. The highest BCUT2D eigenvalue weighted by Crippen LogP contribution is 2.26. The van der Waals surface area contributed by atoms with Gasteiger partial charge in [-0.1, -0.05) is 231 Å². The molecule has 12 nitrogen and oxygen atoms in total. The molecule has 0 saturated carbocycles. The van der Waals surface area contributed by atoms with E-state index in [0.717, 1.165) is 122 Å². The van der Waals surface area contributed by atoms with Gasteiger partial charge >= 0.3 is 23.9 Å². The van der Waals surface area contributed by atoms with E-state index in [2.05, 4.69) is 154 Å². The molecule has 0 spiro atoms. The van der Waals surface area contributed by atoms with Crippen molar-refractivity contribution < 1.29 is 58.2 Å². The lowest BCUT2D eigenvalue weighted by Crippen LogP contribution is -2.61. The predicted octanol–water partition coefficient (Wildman–Crippen LogP) is 17.9. The molecule has 12 heteroatoms. The number of carboxylic acids is 1. The molecule has 0 aromatic rings. The molecule has 6 unspecified atom stereocenters. The van der Waals surface area contributed by atoms with Gasteiger partial charge in [0.1, 0.15) is 18.8 Å². The Bertz CT molecular complexity index is 2030. The maximum atomic E-state index is 13.2. The molecule has 0 aliphatic carbocycles. The Hall–Kier alpha value is -5.40. The van der Waals surface area contributed by atoms with Crippen LogP contribution in [0.25, 0.3) is 0 Å². The van der Waals surface area contributed by atoms with Crippen LogP contribution in [0.15, 0.2) is 146 Å². The zero-order chi connectivity index (χ0) is 61.7. The summed E-state index contributed by atoms with van der Waals surface area (Å²) < 4.78 is 28.4. The van der Waals surface area contributed by atoms with Gasteiger partial charge in [0.05, 0.1) is 6.61 Å². The standard InChI is InChI=1S/C73H114O12/c1-4-7-10-13-16-19-22-25-28-31-33-36-38-41-44-47-50-53-56-59-65(74)81-62-64(83-66(75)60-57-54-51-48-45-42-40-37-34-32-29-26-23-20-17-14-11-8-5-2)63-82-73-71(69(78)68(77)70(85-73)72(79)80)84-67(76)61-58-55-52-49-46-43-39-35-30-27-24-21-18-15-12-9-6-3/h7,9-10,12,16-21,25-30,33,36,39,41,43-44,49,52,64,68-71,73,77-78H,4-6,8,11,13-15,22-24,31-32,34-35,37-38,40,42,45-48,50-51,53-63H2,1-3H3,(H,79,80)/b10-7-,12-9-,19-16-,20-17-,21-18-,28-25-,29-26-,30-27-,36-33-,43-39-,44-41-,52-49-. The second-order valence-electron chi connectivity index (χ2n) is 21.6. The Morgan fingerprint density at radius 3 is 1.18 bits per heavy atom. The summed E-state index contributed by atoms with van der Waals surface area (Å²) in [6, 6.07) is 0. The number of allylic oxidation sites excluding steroid dienone is 24. The van der Waals surface area contributed by atoms with Crippen LogP contribution in [0.5, 0.6) is 0 Å². The van der Waals surface area contributed by atoms with Crippen molar-refractivity contribution in [3.63, 3.8) is 0 Å². The number of unbranched alkanes of at least 4 members (excludes halogenated alkanes) is 16. The zero-order valence-electron chi connectivity index (χ0n) is 52.8. The fourth-order valence-electron chi connectivity index (χ4n) is 8.93. The minimum Gasteiger partial charge on any atom is -0.479 e. The normalized spacial score (nSPS) is 18.4. The van der Waals surface area contributed by atoms with Crippen molar-refractivity contribution in [1.29, 1.82) is 0 Å². The second-order valence-corrected chi connectivity index (χ2v) is 21.6. The van der Waals surface area contributed by atoms with E-state index in [-0.39, 0.29) is 25.9 Å². The third-order valence-corrected chi connectivity index (χ3v) is 13.9. The lowest BCUT2D eigenvalue weighted by molar-refractivity contribution is -0.301. The van der Waals surface area contributed by atoms with Crippen LogP contribution in [-0.2, 0) is 42.9 Å². The summed E-state index contributed by atoms with van der Waals surface area (Å²) in [5.74, 6) is -3.26. The SMILES string of the molecule is CC/C=C\C/C=C\C/C=C\C/C=C\C/C=C\CCCCCC(=O)OCC(COC1OC(C(=O)O)C(O)C(O)C1OC(=O)CCC/C=C\C/C=C\C/C=C\C/C=C\C/C=C\CC)OC(=O)CCCCCCCCCCC/C=C\C/C=C\CCCCC. The maximum Gasteiger partial charge on any atom is 0.335 e. The largest absolute Gasteiger partial charge is 0.479 e. The van der Waals surface area contributed by atoms with Crippen LogP contribution in [-0.4, -0.2) is 89.2 Å². The van der Waals surface area contributed by atoms with Crippen molar-refractivity contribution in [1.82, 2.24) is 0 Å². The van der Waals surface area contributed by atoms with Crippen molar-refractivity contribution in [2.45, 2.75) is 276 Å². The number of carboxylic acid groups (broad SMARTS) is 1. The van der Waals surface area contributed by atoms with Crippen molar-refractivity contribution in [2.24, 2.45) is 0 Å². The van der Waals surface area contributed by atoms with Gasteiger partial charge in [-0.05, 0) is 135 Å². The van der Waals surface area contributed by atoms with Crippen LogP contribution in [0.3, 0.4) is 0 Å². The van der Waals surface area contributed by atoms with Crippen molar-refractivity contribution >= 4 is 23.9 Å². The first-order valence-electron chi connectivity index (χ1n) is 32.8. The molecular formula is C73H114O12. The smallest absolute Gasteiger partial charge is 0.335 e. The molecule has 1 rings (SSSR count). The number of carbonyl (C=O) groups is 4. The molecule has 0 amide bonds. The molecule has 1 aliphatic heterocycles.